The molecule has 2 heterocycles. The number of amidine groups is 1. The molecule has 3 rings (SSSR count). The minimum atomic E-state index is -4.42. The van der Waals surface area contributed by atoms with Crippen LogP contribution < -0.4 is 5.32 Å². The molecule has 0 bridgehead atoms. The highest BCUT2D eigenvalue weighted by atomic mass is 19.4. The number of likely N-dealkylation sites (tertiary alicyclic amines) is 1. The zero-order valence-electron chi connectivity index (χ0n) is 17.0. The van der Waals surface area contributed by atoms with E-state index in [9.17, 15) is 22.8 Å². The van der Waals surface area contributed by atoms with Crippen molar-refractivity contribution in [2.24, 2.45) is 4.99 Å². The van der Waals surface area contributed by atoms with Crippen molar-refractivity contribution in [2.45, 2.75) is 50.9 Å². The van der Waals surface area contributed by atoms with Gasteiger partial charge in [-0.2, -0.15) is 13.2 Å². The number of amides is 2. The van der Waals surface area contributed by atoms with Crippen molar-refractivity contribution in [3.8, 4) is 0 Å². The van der Waals surface area contributed by atoms with Gasteiger partial charge in [0.05, 0.1) is 5.56 Å². The molecule has 2 aliphatic heterocycles. The summed E-state index contributed by atoms with van der Waals surface area (Å²) in [6.45, 7) is 6.02. The van der Waals surface area contributed by atoms with E-state index >= 15 is 0 Å². The van der Waals surface area contributed by atoms with E-state index in [0.29, 0.717) is 37.3 Å². The lowest BCUT2D eigenvalue weighted by atomic mass is 9.88. The summed E-state index contributed by atoms with van der Waals surface area (Å²) >= 11 is 0. The van der Waals surface area contributed by atoms with Crippen molar-refractivity contribution in [1.82, 2.24) is 10.2 Å². The van der Waals surface area contributed by atoms with Crippen LogP contribution in [0.5, 0.6) is 0 Å². The number of alkyl halides is 3. The third-order valence-corrected chi connectivity index (χ3v) is 4.89. The van der Waals surface area contributed by atoms with Crippen LogP contribution in [0.3, 0.4) is 0 Å². The van der Waals surface area contributed by atoms with Gasteiger partial charge in [0.2, 0.25) is 0 Å². The summed E-state index contributed by atoms with van der Waals surface area (Å²) in [6, 6.07) is 4.89. The molecular weight excluding hydrogens is 399 g/mol. The molecule has 1 fully saturated rings. The molecular formula is C21H24F3N3O3. The van der Waals surface area contributed by atoms with Crippen LogP contribution in [0.1, 0.15) is 44.7 Å². The van der Waals surface area contributed by atoms with Gasteiger partial charge < -0.3 is 15.0 Å². The van der Waals surface area contributed by atoms with Gasteiger partial charge in [-0.1, -0.05) is 18.2 Å². The zero-order valence-corrected chi connectivity index (χ0v) is 17.0. The summed E-state index contributed by atoms with van der Waals surface area (Å²) in [7, 11) is 0. The first kappa shape index (κ1) is 21.9. The number of benzene rings is 1. The van der Waals surface area contributed by atoms with Crippen molar-refractivity contribution in [3.05, 3.63) is 41.5 Å². The van der Waals surface area contributed by atoms with Crippen LogP contribution >= 0.6 is 0 Å². The summed E-state index contributed by atoms with van der Waals surface area (Å²) in [5.74, 6) is 0.0261. The predicted octanol–water partition coefficient (Wildman–Crippen LogP) is 4.02. The Balaban J connectivity index is 1.67. The maximum absolute atomic E-state index is 12.8. The summed E-state index contributed by atoms with van der Waals surface area (Å²) in [4.78, 5) is 30.8. The van der Waals surface area contributed by atoms with Crippen molar-refractivity contribution in [3.63, 3.8) is 0 Å². The second-order valence-corrected chi connectivity index (χ2v) is 8.41. The SMILES string of the molecule is CC(C)(C)OC(=O)N1CCC2(CC1)N=C(C=Cc1cccc(C(F)(F)F)c1)NC2=O. The van der Waals surface area contributed by atoms with E-state index < -0.39 is 29.0 Å². The van der Waals surface area contributed by atoms with Gasteiger partial charge >= 0.3 is 12.3 Å². The first-order valence-electron chi connectivity index (χ1n) is 9.63. The van der Waals surface area contributed by atoms with Crippen LogP contribution in [0.2, 0.25) is 0 Å². The Morgan fingerprint density at radius 3 is 2.47 bits per heavy atom. The van der Waals surface area contributed by atoms with E-state index in [1.54, 1.807) is 25.7 Å². The Bertz CT molecular complexity index is 893. The van der Waals surface area contributed by atoms with Crippen LogP contribution in [0, 0.1) is 0 Å². The van der Waals surface area contributed by atoms with E-state index in [2.05, 4.69) is 10.3 Å². The van der Waals surface area contributed by atoms with E-state index in [4.69, 9.17) is 4.74 Å². The predicted molar refractivity (Wildman–Crippen MR) is 106 cm³/mol. The van der Waals surface area contributed by atoms with Crippen molar-refractivity contribution in [1.29, 1.82) is 0 Å². The molecule has 1 spiro atoms. The molecule has 30 heavy (non-hydrogen) atoms. The molecule has 6 nitrogen and oxygen atoms in total. The molecule has 0 atom stereocenters. The highest BCUT2D eigenvalue weighted by molar-refractivity contribution is 6.14. The van der Waals surface area contributed by atoms with E-state index in [-0.39, 0.29) is 5.91 Å². The number of hydrogen-bond acceptors (Lipinski definition) is 4. The number of ether oxygens (including phenoxy) is 1. The molecule has 1 saturated heterocycles. The average molecular weight is 423 g/mol. The van der Waals surface area contributed by atoms with Gasteiger partial charge in [0, 0.05) is 13.1 Å². The minimum Gasteiger partial charge on any atom is -0.444 e. The van der Waals surface area contributed by atoms with Gasteiger partial charge in [0.15, 0.2) is 0 Å². The standard InChI is InChI=1S/C21H24F3N3O3/c1-19(2,3)30-18(29)27-11-9-20(10-12-27)17(28)25-16(26-20)8-7-14-5-4-6-15(13-14)21(22,23)24/h4-8,13H,9-12H2,1-3H3,(H,25,26,28). The number of aliphatic imine (C=N–C) groups is 1. The maximum atomic E-state index is 12.8. The molecule has 0 aromatic heterocycles. The summed E-state index contributed by atoms with van der Waals surface area (Å²) in [5.41, 5.74) is -1.96. The Morgan fingerprint density at radius 2 is 1.87 bits per heavy atom. The third-order valence-electron chi connectivity index (χ3n) is 4.89. The fraction of sp³-hybridized carbons (Fsp3) is 0.476. The van der Waals surface area contributed by atoms with Gasteiger partial charge in [-0.25, -0.2) is 4.79 Å². The van der Waals surface area contributed by atoms with E-state index in [0.717, 1.165) is 12.1 Å². The Morgan fingerprint density at radius 1 is 1.20 bits per heavy atom. The van der Waals surface area contributed by atoms with Gasteiger partial charge in [-0.3, -0.25) is 9.79 Å². The molecule has 0 unspecified atom stereocenters. The number of halogens is 3. The largest absolute Gasteiger partial charge is 0.444 e. The van der Waals surface area contributed by atoms with Crippen molar-refractivity contribution >= 4 is 23.9 Å². The zero-order chi connectivity index (χ0) is 22.2. The third kappa shape index (κ3) is 5.01. The Hall–Kier alpha value is -2.84. The quantitative estimate of drug-likeness (QED) is 0.781. The molecule has 2 amide bonds. The number of piperidine rings is 1. The Labute approximate surface area is 172 Å². The normalized spacial score (nSPS) is 19.2. The lowest BCUT2D eigenvalue weighted by Gasteiger charge is -2.36. The Kier molecular flexibility index (Phi) is 5.66. The van der Waals surface area contributed by atoms with Crippen LogP contribution in [0.25, 0.3) is 6.08 Å². The summed E-state index contributed by atoms with van der Waals surface area (Å²) in [5, 5.41) is 2.68. The molecule has 1 aromatic carbocycles. The summed E-state index contributed by atoms with van der Waals surface area (Å²) in [6.07, 6.45) is -1.19. The molecule has 9 heteroatoms. The highest BCUT2D eigenvalue weighted by Crippen LogP contribution is 2.32. The summed E-state index contributed by atoms with van der Waals surface area (Å²) < 4.78 is 43.9. The van der Waals surface area contributed by atoms with Crippen molar-refractivity contribution in [2.75, 3.05) is 13.1 Å². The maximum Gasteiger partial charge on any atom is 0.416 e. The average Bonchev–Trinajstić information content (AvgIpc) is 2.94. The lowest BCUT2D eigenvalue weighted by Crippen LogP contribution is -2.51. The lowest BCUT2D eigenvalue weighted by molar-refractivity contribution is -0.137. The fourth-order valence-electron chi connectivity index (χ4n) is 3.34. The molecule has 2 aliphatic rings. The number of nitrogens with one attached hydrogen (secondary N) is 1. The molecule has 1 aromatic rings. The van der Waals surface area contributed by atoms with Crippen LogP contribution in [-0.2, 0) is 15.7 Å². The molecule has 0 radical (unpaired) electrons. The minimum absolute atomic E-state index is 0.268. The van der Waals surface area contributed by atoms with Crippen molar-refractivity contribution < 1.29 is 27.5 Å². The first-order chi connectivity index (χ1) is 13.9. The first-order valence-corrected chi connectivity index (χ1v) is 9.63. The number of rotatable bonds is 2. The molecule has 0 saturated carbocycles. The molecule has 1 N–H and O–H groups in total. The van der Waals surface area contributed by atoms with E-state index in [1.165, 1.54) is 24.3 Å². The highest BCUT2D eigenvalue weighted by Gasteiger charge is 2.46. The fourth-order valence-corrected chi connectivity index (χ4v) is 3.34. The van der Waals surface area contributed by atoms with E-state index in [1.807, 2.05) is 0 Å². The second-order valence-electron chi connectivity index (χ2n) is 8.41. The van der Waals surface area contributed by atoms with Gasteiger partial charge in [-0.05, 0) is 57.4 Å². The monoisotopic (exact) mass is 423 g/mol. The number of carbonyl (C=O) groups excluding carboxylic acids is 2. The molecule has 162 valence electrons. The second kappa shape index (κ2) is 7.77. The number of nitrogens with zero attached hydrogens (tertiary/aromatic N) is 2. The topological polar surface area (TPSA) is 71.0 Å². The van der Waals surface area contributed by atoms with Crippen LogP contribution in [0.15, 0.2) is 35.3 Å². The number of carbonyl (C=O) groups is 2. The van der Waals surface area contributed by atoms with Gasteiger partial charge in [0.1, 0.15) is 17.0 Å². The van der Waals surface area contributed by atoms with Crippen LogP contribution in [0.4, 0.5) is 18.0 Å². The van der Waals surface area contributed by atoms with Crippen LogP contribution in [-0.4, -0.2) is 47.0 Å². The van der Waals surface area contributed by atoms with Gasteiger partial charge in [-0.15, -0.1) is 0 Å². The smallest absolute Gasteiger partial charge is 0.416 e. The van der Waals surface area contributed by atoms with Gasteiger partial charge in [0.25, 0.3) is 5.91 Å². The molecule has 0 aliphatic carbocycles. The number of hydrogen-bond donors (Lipinski definition) is 1.